The highest BCUT2D eigenvalue weighted by molar-refractivity contribution is 7.99. The largest absolute Gasteiger partial charge is 0.321 e. The molecule has 3 rings (SSSR count). The molecule has 0 aliphatic rings. The molecule has 1 amide bonds. The molecule has 0 saturated heterocycles. The van der Waals surface area contributed by atoms with E-state index in [1.165, 1.54) is 30.3 Å². The van der Waals surface area contributed by atoms with Crippen LogP contribution in [0.2, 0.25) is 0 Å². The molecule has 0 fully saturated rings. The highest BCUT2D eigenvalue weighted by atomic mass is 32.2. The number of nitriles is 1. The number of rotatable bonds is 6. The second-order valence-corrected chi connectivity index (χ2v) is 6.93. The number of alkyl halides is 2. The van der Waals surface area contributed by atoms with Gasteiger partial charge in [-0.3, -0.25) is 14.5 Å². The number of hydrogen-bond acceptors (Lipinski definition) is 5. The zero-order chi connectivity index (χ0) is 20.8. The van der Waals surface area contributed by atoms with Crippen LogP contribution < -0.4 is 5.32 Å². The van der Waals surface area contributed by atoms with E-state index in [0.717, 1.165) is 5.56 Å². The van der Waals surface area contributed by atoms with Crippen molar-refractivity contribution < 1.29 is 13.6 Å². The number of thioether (sulfide) groups is 1. The van der Waals surface area contributed by atoms with Crippen LogP contribution in [0.1, 0.15) is 5.56 Å². The number of benzene rings is 1. The van der Waals surface area contributed by atoms with Crippen LogP contribution in [0.15, 0.2) is 65.5 Å². The number of nitrogens with zero attached hydrogens (tertiary/aromatic N) is 4. The van der Waals surface area contributed by atoms with Gasteiger partial charge >= 0.3 is 0 Å². The lowest BCUT2D eigenvalue weighted by molar-refractivity contribution is -0.112. The Kier molecular flexibility index (Phi) is 6.36. The fourth-order valence-electron chi connectivity index (χ4n) is 2.57. The van der Waals surface area contributed by atoms with Crippen LogP contribution in [0.3, 0.4) is 0 Å². The van der Waals surface area contributed by atoms with Gasteiger partial charge in [0.05, 0.1) is 5.69 Å². The third-order valence-corrected chi connectivity index (χ3v) is 4.54. The molecule has 2 aromatic heterocycles. The summed E-state index contributed by atoms with van der Waals surface area (Å²) in [7, 11) is 1.74. The topological polar surface area (TPSA) is 83.6 Å². The number of halogens is 2. The van der Waals surface area contributed by atoms with Gasteiger partial charge in [0.1, 0.15) is 11.6 Å². The molecule has 0 radical (unpaired) electrons. The second kappa shape index (κ2) is 9.12. The van der Waals surface area contributed by atoms with E-state index in [-0.39, 0.29) is 5.57 Å². The molecule has 0 saturated carbocycles. The van der Waals surface area contributed by atoms with Crippen molar-refractivity contribution in [1.82, 2.24) is 14.8 Å². The number of aromatic nitrogens is 3. The van der Waals surface area contributed by atoms with Crippen molar-refractivity contribution >= 4 is 29.4 Å². The van der Waals surface area contributed by atoms with Crippen molar-refractivity contribution in [2.24, 2.45) is 7.05 Å². The molecule has 29 heavy (non-hydrogen) atoms. The Morgan fingerprint density at radius 2 is 1.93 bits per heavy atom. The molecule has 146 valence electrons. The quantitative estimate of drug-likeness (QED) is 0.371. The average molecular weight is 411 g/mol. The Labute approximate surface area is 169 Å². The first-order valence-corrected chi connectivity index (χ1v) is 9.26. The van der Waals surface area contributed by atoms with Gasteiger partial charge in [0.2, 0.25) is 0 Å². The van der Waals surface area contributed by atoms with Crippen LogP contribution in [0.5, 0.6) is 0 Å². The maximum Gasteiger partial charge on any atom is 0.288 e. The molecule has 1 aromatic carbocycles. The summed E-state index contributed by atoms with van der Waals surface area (Å²) < 4.78 is 26.4. The van der Waals surface area contributed by atoms with Gasteiger partial charge in [-0.15, -0.1) is 0 Å². The Hall–Kier alpha value is -3.51. The van der Waals surface area contributed by atoms with Crippen LogP contribution in [-0.4, -0.2) is 26.4 Å². The number of anilines is 1. The molecule has 0 spiro atoms. The number of hydrogen-bond donors (Lipinski definition) is 1. The van der Waals surface area contributed by atoms with E-state index in [4.69, 9.17) is 0 Å². The van der Waals surface area contributed by atoms with E-state index in [9.17, 15) is 18.8 Å². The van der Waals surface area contributed by atoms with Crippen LogP contribution in [-0.2, 0) is 11.8 Å². The SMILES string of the molecule is Cn1cc(C=C(C#N)C(=O)Nc2ccc(SC(F)F)cc2)c(-c2ccncc2)n1. The molecule has 2 heterocycles. The predicted octanol–water partition coefficient (Wildman–Crippen LogP) is 4.34. The van der Waals surface area contributed by atoms with Gasteiger partial charge in [-0.05, 0) is 42.5 Å². The summed E-state index contributed by atoms with van der Waals surface area (Å²) in [6.45, 7) is 0. The number of amides is 1. The minimum Gasteiger partial charge on any atom is -0.321 e. The number of carbonyl (C=O) groups is 1. The van der Waals surface area contributed by atoms with Crippen molar-refractivity contribution in [2.75, 3.05) is 5.32 Å². The van der Waals surface area contributed by atoms with Crippen LogP contribution in [0.4, 0.5) is 14.5 Å². The van der Waals surface area contributed by atoms with Crippen molar-refractivity contribution in [1.29, 1.82) is 5.26 Å². The number of nitrogens with one attached hydrogen (secondary N) is 1. The van der Waals surface area contributed by atoms with Gasteiger partial charge < -0.3 is 5.32 Å². The maximum absolute atomic E-state index is 12.5. The summed E-state index contributed by atoms with van der Waals surface area (Å²) in [5, 5.41) is 16.4. The van der Waals surface area contributed by atoms with Crippen molar-refractivity contribution in [2.45, 2.75) is 10.7 Å². The summed E-state index contributed by atoms with van der Waals surface area (Å²) in [5.74, 6) is -3.12. The first-order valence-electron chi connectivity index (χ1n) is 8.38. The molecule has 0 aliphatic heterocycles. The molecule has 1 N–H and O–H groups in total. The summed E-state index contributed by atoms with van der Waals surface area (Å²) >= 11 is 0.417. The van der Waals surface area contributed by atoms with E-state index < -0.39 is 11.7 Å². The zero-order valence-electron chi connectivity index (χ0n) is 15.2. The Morgan fingerprint density at radius 3 is 2.55 bits per heavy atom. The molecule has 6 nitrogen and oxygen atoms in total. The van der Waals surface area contributed by atoms with Gasteiger partial charge in [-0.25, -0.2) is 0 Å². The molecule has 0 aliphatic carbocycles. The molecular formula is C20H15F2N5OS. The monoisotopic (exact) mass is 411 g/mol. The second-order valence-electron chi connectivity index (χ2n) is 5.87. The molecule has 0 atom stereocenters. The Morgan fingerprint density at radius 1 is 1.24 bits per heavy atom. The van der Waals surface area contributed by atoms with Gasteiger partial charge in [-0.1, -0.05) is 11.8 Å². The standard InChI is InChI=1S/C20H15F2N5OS/c1-27-12-15(18(26-27)13-6-8-24-9-7-13)10-14(11-23)19(28)25-16-2-4-17(5-3-16)29-20(21)22/h2-10,12,20H,1H3,(H,25,28). The lowest BCUT2D eigenvalue weighted by Crippen LogP contribution is -2.13. The number of aryl methyl sites for hydroxylation is 1. The number of pyridine rings is 1. The molecule has 0 bridgehead atoms. The van der Waals surface area contributed by atoms with E-state index in [2.05, 4.69) is 15.4 Å². The predicted molar refractivity (Wildman–Crippen MR) is 107 cm³/mol. The summed E-state index contributed by atoms with van der Waals surface area (Å²) in [5.41, 5.74) is 2.31. The molecular weight excluding hydrogens is 396 g/mol. The van der Waals surface area contributed by atoms with Gasteiger partial charge in [0.25, 0.3) is 11.7 Å². The van der Waals surface area contributed by atoms with Crippen LogP contribution in [0, 0.1) is 11.3 Å². The van der Waals surface area contributed by atoms with E-state index in [0.29, 0.717) is 33.6 Å². The van der Waals surface area contributed by atoms with Crippen LogP contribution in [0.25, 0.3) is 17.3 Å². The maximum atomic E-state index is 12.5. The average Bonchev–Trinajstić information content (AvgIpc) is 3.08. The third-order valence-electron chi connectivity index (χ3n) is 3.81. The van der Waals surface area contributed by atoms with Gasteiger partial charge in [0, 0.05) is 47.3 Å². The first-order chi connectivity index (χ1) is 14.0. The van der Waals surface area contributed by atoms with Gasteiger partial charge in [-0.2, -0.15) is 19.1 Å². The highest BCUT2D eigenvalue weighted by Crippen LogP contribution is 2.27. The van der Waals surface area contributed by atoms with E-state index in [1.54, 1.807) is 42.5 Å². The molecule has 9 heteroatoms. The minimum absolute atomic E-state index is 0.112. The smallest absolute Gasteiger partial charge is 0.288 e. The normalized spacial score (nSPS) is 11.3. The first kappa shape index (κ1) is 20.2. The summed E-state index contributed by atoms with van der Waals surface area (Å²) in [6, 6.07) is 11.4. The lowest BCUT2D eigenvalue weighted by Gasteiger charge is -2.06. The van der Waals surface area contributed by atoms with E-state index in [1.807, 2.05) is 6.07 Å². The number of carbonyl (C=O) groups excluding carboxylic acids is 1. The van der Waals surface area contributed by atoms with Crippen molar-refractivity contribution in [3.8, 4) is 17.3 Å². The fourth-order valence-corrected chi connectivity index (χ4v) is 3.07. The minimum atomic E-state index is -2.52. The fraction of sp³-hybridized carbons (Fsp3) is 0.100. The van der Waals surface area contributed by atoms with Crippen molar-refractivity contribution in [3.63, 3.8) is 0 Å². The van der Waals surface area contributed by atoms with Gasteiger partial charge in [0.15, 0.2) is 0 Å². The van der Waals surface area contributed by atoms with Crippen LogP contribution >= 0.6 is 11.8 Å². The Balaban J connectivity index is 1.82. The molecule has 0 unspecified atom stereocenters. The van der Waals surface area contributed by atoms with Crippen molar-refractivity contribution in [3.05, 3.63) is 66.1 Å². The third kappa shape index (κ3) is 5.27. The lowest BCUT2D eigenvalue weighted by atomic mass is 10.1. The highest BCUT2D eigenvalue weighted by Gasteiger charge is 2.14. The zero-order valence-corrected chi connectivity index (χ0v) is 16.0. The Bertz CT molecular complexity index is 1070. The van der Waals surface area contributed by atoms with E-state index >= 15 is 0 Å². The summed E-state index contributed by atoms with van der Waals surface area (Å²) in [6.07, 6.45) is 6.42. The molecule has 3 aromatic rings. The summed E-state index contributed by atoms with van der Waals surface area (Å²) in [4.78, 5) is 16.9.